The molecule has 0 aliphatic rings. The minimum absolute atomic E-state index is 0.511. The molecule has 1 heterocycles. The molecule has 0 aliphatic carbocycles. The van der Waals surface area contributed by atoms with Gasteiger partial charge in [-0.25, -0.2) is 9.97 Å². The third kappa shape index (κ3) is 3.18. The molecule has 5 N–H and O–H groups in total. The first-order valence-corrected chi connectivity index (χ1v) is 7.74. The first-order valence-electron chi connectivity index (χ1n) is 6.94. The summed E-state index contributed by atoms with van der Waals surface area (Å²) in [7, 11) is 0. The van der Waals surface area contributed by atoms with Gasteiger partial charge in [0.1, 0.15) is 11.6 Å². The van der Waals surface area contributed by atoms with E-state index in [0.717, 1.165) is 32.7 Å². The Morgan fingerprint density at radius 2 is 1.95 bits per heavy atom. The molecule has 3 aromatic rings. The number of halogens is 1. The molecule has 0 fully saturated rings. The van der Waals surface area contributed by atoms with E-state index in [9.17, 15) is 0 Å². The van der Waals surface area contributed by atoms with Crippen LogP contribution in [0.3, 0.4) is 0 Å². The van der Waals surface area contributed by atoms with E-state index in [1.807, 2.05) is 42.5 Å². The molecule has 0 radical (unpaired) electrons. The maximum atomic E-state index is 5.90. The van der Waals surface area contributed by atoms with Gasteiger partial charge < -0.3 is 16.8 Å². The highest BCUT2D eigenvalue weighted by Gasteiger charge is 2.08. The molecule has 0 aliphatic heterocycles. The van der Waals surface area contributed by atoms with E-state index < -0.39 is 0 Å². The molecule has 6 heteroatoms. The Labute approximate surface area is 136 Å². The van der Waals surface area contributed by atoms with Gasteiger partial charge in [-0.3, -0.25) is 0 Å². The van der Waals surface area contributed by atoms with Crippen LogP contribution in [0.2, 0.25) is 0 Å². The van der Waals surface area contributed by atoms with Crippen molar-refractivity contribution in [1.82, 2.24) is 9.97 Å². The van der Waals surface area contributed by atoms with Crippen molar-refractivity contribution in [2.24, 2.45) is 5.73 Å². The molecule has 0 saturated heterocycles. The summed E-state index contributed by atoms with van der Waals surface area (Å²) in [6, 6.07) is 13.5. The lowest BCUT2D eigenvalue weighted by Crippen LogP contribution is -2.08. The minimum atomic E-state index is 0.511. The lowest BCUT2D eigenvalue weighted by atomic mass is 10.2. The molecule has 1 aromatic heterocycles. The first-order chi connectivity index (χ1) is 10.7. The van der Waals surface area contributed by atoms with E-state index in [1.165, 1.54) is 0 Å². The smallest absolute Gasteiger partial charge is 0.142 e. The van der Waals surface area contributed by atoms with Crippen LogP contribution in [-0.4, -0.2) is 16.5 Å². The molecule has 112 valence electrons. The van der Waals surface area contributed by atoms with Crippen molar-refractivity contribution in [2.75, 3.05) is 17.6 Å². The van der Waals surface area contributed by atoms with Crippen molar-refractivity contribution < 1.29 is 0 Å². The molecule has 0 spiro atoms. The monoisotopic (exact) mass is 357 g/mol. The predicted octanol–water partition coefficient (Wildman–Crippen LogP) is 3.22. The third-order valence-electron chi connectivity index (χ3n) is 3.22. The van der Waals surface area contributed by atoms with Crippen LogP contribution < -0.4 is 16.8 Å². The molecule has 22 heavy (non-hydrogen) atoms. The molecular formula is C16H16BrN5. The van der Waals surface area contributed by atoms with Crippen LogP contribution in [0.25, 0.3) is 10.9 Å². The summed E-state index contributed by atoms with van der Waals surface area (Å²) >= 11 is 3.47. The second kappa shape index (κ2) is 6.29. The van der Waals surface area contributed by atoms with Crippen molar-refractivity contribution in [3.63, 3.8) is 0 Å². The number of nitrogen functional groups attached to an aromatic ring is 1. The lowest BCUT2D eigenvalue weighted by Gasteiger charge is -2.11. The largest absolute Gasteiger partial charge is 0.399 e. The van der Waals surface area contributed by atoms with Crippen LogP contribution in [0, 0.1) is 0 Å². The van der Waals surface area contributed by atoms with Gasteiger partial charge in [-0.1, -0.05) is 22.0 Å². The fraction of sp³-hybridized carbons (Fsp3) is 0.125. The van der Waals surface area contributed by atoms with Crippen LogP contribution in [0.1, 0.15) is 5.82 Å². The standard InChI is InChI=1S/C16H16BrN5/c17-10-2-1-3-12(8-10)20-16-13-9-11(19)4-5-14(13)21-15(22-16)6-7-18/h1-5,8-9H,6-7,18-19H2,(H,20,21,22). The number of rotatable bonds is 4. The van der Waals surface area contributed by atoms with E-state index >= 15 is 0 Å². The zero-order valence-electron chi connectivity index (χ0n) is 11.9. The fourth-order valence-corrected chi connectivity index (χ4v) is 2.63. The molecule has 5 nitrogen and oxygen atoms in total. The second-order valence-electron chi connectivity index (χ2n) is 4.94. The Morgan fingerprint density at radius 3 is 2.73 bits per heavy atom. The quantitative estimate of drug-likeness (QED) is 0.623. The number of hydrogen-bond donors (Lipinski definition) is 3. The topological polar surface area (TPSA) is 89.8 Å². The second-order valence-corrected chi connectivity index (χ2v) is 5.85. The van der Waals surface area contributed by atoms with Crippen LogP contribution in [0.5, 0.6) is 0 Å². The van der Waals surface area contributed by atoms with Gasteiger partial charge in [0.25, 0.3) is 0 Å². The van der Waals surface area contributed by atoms with Crippen molar-refractivity contribution in [2.45, 2.75) is 6.42 Å². The van der Waals surface area contributed by atoms with Crippen LogP contribution >= 0.6 is 15.9 Å². The van der Waals surface area contributed by atoms with Crippen LogP contribution in [-0.2, 0) is 6.42 Å². The molecule has 0 unspecified atom stereocenters. The zero-order chi connectivity index (χ0) is 15.5. The lowest BCUT2D eigenvalue weighted by molar-refractivity contribution is 0.881. The van der Waals surface area contributed by atoms with Gasteiger partial charge in [0.05, 0.1) is 5.52 Å². The Balaban J connectivity index is 2.10. The van der Waals surface area contributed by atoms with E-state index in [1.54, 1.807) is 0 Å². The molecule has 0 saturated carbocycles. The number of aromatic nitrogens is 2. The maximum absolute atomic E-state index is 5.90. The van der Waals surface area contributed by atoms with Gasteiger partial charge in [0, 0.05) is 27.7 Å². The number of fused-ring (bicyclic) bond motifs is 1. The van der Waals surface area contributed by atoms with Gasteiger partial charge in [0.15, 0.2) is 0 Å². The van der Waals surface area contributed by atoms with E-state index in [2.05, 4.69) is 31.2 Å². The van der Waals surface area contributed by atoms with Gasteiger partial charge in [-0.15, -0.1) is 0 Å². The predicted molar refractivity (Wildman–Crippen MR) is 94.1 cm³/mol. The molecule has 2 aromatic carbocycles. The van der Waals surface area contributed by atoms with Crippen molar-refractivity contribution in [1.29, 1.82) is 0 Å². The Bertz CT molecular complexity index is 819. The third-order valence-corrected chi connectivity index (χ3v) is 3.71. The van der Waals surface area contributed by atoms with E-state index in [0.29, 0.717) is 18.7 Å². The Kier molecular flexibility index (Phi) is 4.22. The number of anilines is 3. The fourth-order valence-electron chi connectivity index (χ4n) is 2.23. The average molecular weight is 358 g/mol. The number of benzene rings is 2. The Hall–Kier alpha value is -2.18. The van der Waals surface area contributed by atoms with Gasteiger partial charge in [0.2, 0.25) is 0 Å². The summed E-state index contributed by atoms with van der Waals surface area (Å²) in [6.07, 6.45) is 0.632. The van der Waals surface area contributed by atoms with Gasteiger partial charge >= 0.3 is 0 Å². The highest BCUT2D eigenvalue weighted by atomic mass is 79.9. The zero-order valence-corrected chi connectivity index (χ0v) is 13.5. The van der Waals surface area contributed by atoms with Crippen LogP contribution in [0.15, 0.2) is 46.9 Å². The summed E-state index contributed by atoms with van der Waals surface area (Å²) in [5.41, 5.74) is 14.0. The average Bonchev–Trinajstić information content (AvgIpc) is 2.48. The highest BCUT2D eigenvalue weighted by molar-refractivity contribution is 9.10. The van der Waals surface area contributed by atoms with Crippen molar-refractivity contribution >= 4 is 44.0 Å². The summed E-state index contributed by atoms with van der Waals surface area (Å²) in [6.45, 7) is 0.511. The number of nitrogens with one attached hydrogen (secondary N) is 1. The minimum Gasteiger partial charge on any atom is -0.399 e. The van der Waals surface area contributed by atoms with E-state index in [4.69, 9.17) is 11.5 Å². The summed E-state index contributed by atoms with van der Waals surface area (Å²) in [5, 5.41) is 4.23. The Morgan fingerprint density at radius 1 is 1.09 bits per heavy atom. The summed E-state index contributed by atoms with van der Waals surface area (Å²) in [4.78, 5) is 9.11. The first kappa shape index (κ1) is 14.7. The number of nitrogens with two attached hydrogens (primary N) is 2. The van der Waals surface area contributed by atoms with Gasteiger partial charge in [-0.2, -0.15) is 0 Å². The maximum Gasteiger partial charge on any atom is 0.142 e. The highest BCUT2D eigenvalue weighted by Crippen LogP contribution is 2.27. The van der Waals surface area contributed by atoms with Crippen molar-refractivity contribution in [3.8, 4) is 0 Å². The van der Waals surface area contributed by atoms with Crippen LogP contribution in [0.4, 0.5) is 17.2 Å². The molecule has 0 atom stereocenters. The SMILES string of the molecule is NCCc1nc(Nc2cccc(Br)c2)c2cc(N)ccc2n1. The summed E-state index contributed by atoms with van der Waals surface area (Å²) < 4.78 is 0.998. The molecule has 3 rings (SSSR count). The molecule has 0 bridgehead atoms. The molecule has 0 amide bonds. The van der Waals surface area contributed by atoms with Crippen molar-refractivity contribution in [3.05, 3.63) is 52.8 Å². The van der Waals surface area contributed by atoms with Gasteiger partial charge in [-0.05, 0) is 42.9 Å². The van der Waals surface area contributed by atoms with E-state index in [-0.39, 0.29) is 0 Å². The molecular weight excluding hydrogens is 342 g/mol. The number of hydrogen-bond acceptors (Lipinski definition) is 5. The number of nitrogens with zero attached hydrogens (tertiary/aromatic N) is 2. The summed E-state index contributed by atoms with van der Waals surface area (Å²) in [5.74, 6) is 1.45. The normalized spacial score (nSPS) is 10.8.